The Morgan fingerprint density at radius 3 is 2.78 bits per heavy atom. The van der Waals surface area contributed by atoms with E-state index in [1.165, 1.54) is 25.7 Å². The molecule has 1 N–H and O–H groups in total. The number of likely N-dealkylation sites (N-methyl/N-ethyl adjacent to an activating group) is 1. The number of hydrogen-bond donors (Lipinski definition) is 1. The molecule has 32 heavy (non-hydrogen) atoms. The second-order valence-electron chi connectivity index (χ2n) is 11.2. The molecule has 1 aromatic heterocycles. The first-order valence-corrected chi connectivity index (χ1v) is 12.5. The van der Waals surface area contributed by atoms with Crippen LogP contribution >= 0.6 is 0 Å². The van der Waals surface area contributed by atoms with Crippen molar-refractivity contribution in [2.45, 2.75) is 71.4 Å². The molecule has 5 rings (SSSR count). The summed E-state index contributed by atoms with van der Waals surface area (Å²) in [4.78, 5) is 31.4. The highest BCUT2D eigenvalue weighted by Crippen LogP contribution is 2.65. The van der Waals surface area contributed by atoms with E-state index in [2.05, 4.69) is 30.2 Å². The molecule has 0 aromatic carbocycles. The summed E-state index contributed by atoms with van der Waals surface area (Å²) in [6.45, 7) is 5.38. The van der Waals surface area contributed by atoms with Crippen molar-refractivity contribution in [3.8, 4) is 0 Å². The fourth-order valence-electron chi connectivity index (χ4n) is 8.17. The van der Waals surface area contributed by atoms with Crippen molar-refractivity contribution in [2.75, 3.05) is 7.05 Å². The van der Waals surface area contributed by atoms with Gasteiger partial charge in [0.05, 0.1) is 12.2 Å². The molecule has 0 unspecified atom stereocenters. The number of nitrogens with one attached hydrogen (secondary N) is 1. The fraction of sp³-hybridized carbons (Fsp3) is 0.667. The topological polar surface area (TPSA) is 62.3 Å². The van der Waals surface area contributed by atoms with Crippen LogP contribution in [0.1, 0.15) is 64.5 Å². The van der Waals surface area contributed by atoms with Gasteiger partial charge in [-0.15, -0.1) is 0 Å². The van der Waals surface area contributed by atoms with E-state index in [0.717, 1.165) is 18.5 Å². The molecule has 7 atom stereocenters. The summed E-state index contributed by atoms with van der Waals surface area (Å²) in [5, 5.41) is 3.10. The van der Waals surface area contributed by atoms with E-state index in [0.29, 0.717) is 42.7 Å². The Morgan fingerprint density at radius 2 is 2.00 bits per heavy atom. The third-order valence-corrected chi connectivity index (χ3v) is 9.95. The van der Waals surface area contributed by atoms with Crippen LogP contribution in [0.25, 0.3) is 0 Å². The van der Waals surface area contributed by atoms with Crippen molar-refractivity contribution < 1.29 is 9.59 Å². The summed E-state index contributed by atoms with van der Waals surface area (Å²) in [6.07, 6.45) is 13.6. The molecule has 4 aliphatic rings. The zero-order valence-electron chi connectivity index (χ0n) is 19.7. The summed E-state index contributed by atoms with van der Waals surface area (Å²) >= 11 is 0. The number of aromatic nitrogens is 1. The van der Waals surface area contributed by atoms with Crippen molar-refractivity contribution in [1.29, 1.82) is 0 Å². The molecule has 172 valence electrons. The van der Waals surface area contributed by atoms with Gasteiger partial charge in [0.25, 0.3) is 0 Å². The SMILES string of the molecule is CN1C(=O)C=C[C@]2(C)[C@H]3CC[C@]4(C)[C@@H](CC(=O)NCc5ccccn5)CC[C@H]4[C@@H]3CC[C@@H]12. The third-order valence-electron chi connectivity index (χ3n) is 9.95. The molecule has 3 saturated carbocycles. The van der Waals surface area contributed by atoms with Crippen LogP contribution in [0.3, 0.4) is 0 Å². The zero-order chi connectivity index (χ0) is 22.5. The van der Waals surface area contributed by atoms with Gasteiger partial charge in [-0.05, 0) is 85.8 Å². The first kappa shape index (κ1) is 21.7. The second kappa shape index (κ2) is 8.00. The lowest BCUT2D eigenvalue weighted by Crippen LogP contribution is -2.59. The van der Waals surface area contributed by atoms with E-state index in [1.807, 2.05) is 36.2 Å². The average Bonchev–Trinajstić information content (AvgIpc) is 3.12. The van der Waals surface area contributed by atoms with E-state index in [9.17, 15) is 9.59 Å². The third kappa shape index (κ3) is 3.39. The van der Waals surface area contributed by atoms with Gasteiger partial charge in [-0.3, -0.25) is 14.6 Å². The molecular weight excluding hydrogens is 398 g/mol. The second-order valence-corrected chi connectivity index (χ2v) is 11.2. The van der Waals surface area contributed by atoms with Gasteiger partial charge in [0.1, 0.15) is 0 Å². The van der Waals surface area contributed by atoms with Crippen molar-refractivity contribution >= 4 is 11.8 Å². The van der Waals surface area contributed by atoms with Gasteiger partial charge in [0.2, 0.25) is 11.8 Å². The maximum Gasteiger partial charge on any atom is 0.246 e. The average molecular weight is 436 g/mol. The smallest absolute Gasteiger partial charge is 0.246 e. The Morgan fingerprint density at radius 1 is 1.16 bits per heavy atom. The number of amides is 2. The maximum absolute atomic E-state index is 12.8. The molecule has 1 aromatic rings. The number of carbonyl (C=O) groups is 2. The number of nitrogens with zero attached hydrogens (tertiary/aromatic N) is 2. The minimum Gasteiger partial charge on any atom is -0.350 e. The van der Waals surface area contributed by atoms with E-state index < -0.39 is 0 Å². The molecule has 0 bridgehead atoms. The molecule has 5 heteroatoms. The van der Waals surface area contributed by atoms with Crippen LogP contribution in [0.15, 0.2) is 36.5 Å². The molecular formula is C27H37N3O2. The van der Waals surface area contributed by atoms with Crippen molar-refractivity contribution in [3.63, 3.8) is 0 Å². The normalized spacial score (nSPS) is 40.4. The first-order chi connectivity index (χ1) is 15.3. The van der Waals surface area contributed by atoms with E-state index in [1.54, 1.807) is 6.20 Å². The van der Waals surface area contributed by atoms with Gasteiger partial charge in [-0.2, -0.15) is 0 Å². The Labute approximate surface area is 192 Å². The molecule has 5 nitrogen and oxygen atoms in total. The van der Waals surface area contributed by atoms with Crippen LogP contribution in [0.2, 0.25) is 0 Å². The maximum atomic E-state index is 12.8. The van der Waals surface area contributed by atoms with Crippen molar-refractivity contribution in [2.24, 2.45) is 34.5 Å². The molecule has 0 saturated heterocycles. The minimum absolute atomic E-state index is 0.0883. The Bertz CT molecular complexity index is 915. The standard InChI is InChI=1S/C27H37N3O2/c1-26-13-11-22-20(8-10-23-27(22,2)14-12-25(32)30(23)3)21(26)9-7-18(26)16-24(31)29-17-19-6-4-5-15-28-19/h4-6,12,14-15,18,20-23H,7-11,13,16-17H2,1-3H3,(H,29,31)/t18-,20+,21+,22+,23-,26-,27-/m1/s1. The summed E-state index contributed by atoms with van der Waals surface area (Å²) < 4.78 is 0. The van der Waals surface area contributed by atoms with Gasteiger partial charge in [-0.25, -0.2) is 0 Å². The summed E-state index contributed by atoms with van der Waals surface area (Å²) in [5.74, 6) is 2.84. The Hall–Kier alpha value is -2.17. The Balaban J connectivity index is 1.27. The number of rotatable bonds is 4. The highest BCUT2D eigenvalue weighted by molar-refractivity contribution is 5.89. The van der Waals surface area contributed by atoms with Crippen LogP contribution < -0.4 is 5.32 Å². The highest BCUT2D eigenvalue weighted by Gasteiger charge is 2.60. The largest absolute Gasteiger partial charge is 0.350 e. The van der Waals surface area contributed by atoms with Gasteiger partial charge in [-0.1, -0.05) is 26.0 Å². The lowest BCUT2D eigenvalue weighted by molar-refractivity contribution is -0.139. The predicted molar refractivity (Wildman–Crippen MR) is 124 cm³/mol. The monoisotopic (exact) mass is 435 g/mol. The lowest BCUT2D eigenvalue weighted by atomic mass is 9.47. The van der Waals surface area contributed by atoms with Crippen LogP contribution in [0.4, 0.5) is 0 Å². The molecule has 2 amide bonds. The van der Waals surface area contributed by atoms with Gasteiger partial charge >= 0.3 is 0 Å². The van der Waals surface area contributed by atoms with Crippen LogP contribution in [0, 0.1) is 34.5 Å². The number of hydrogen-bond acceptors (Lipinski definition) is 3. The number of carbonyl (C=O) groups excluding carboxylic acids is 2. The number of fused-ring (bicyclic) bond motifs is 5. The van der Waals surface area contributed by atoms with E-state index >= 15 is 0 Å². The molecule has 3 aliphatic carbocycles. The van der Waals surface area contributed by atoms with Gasteiger partial charge < -0.3 is 10.2 Å². The van der Waals surface area contributed by atoms with Crippen LogP contribution in [-0.4, -0.2) is 34.8 Å². The molecule has 0 radical (unpaired) electrons. The summed E-state index contributed by atoms with van der Waals surface area (Å²) in [7, 11) is 1.98. The van der Waals surface area contributed by atoms with E-state index in [4.69, 9.17) is 0 Å². The summed E-state index contributed by atoms with van der Waals surface area (Å²) in [6, 6.07) is 6.14. The van der Waals surface area contributed by atoms with Crippen molar-refractivity contribution in [1.82, 2.24) is 15.2 Å². The fourth-order valence-corrected chi connectivity index (χ4v) is 8.17. The lowest BCUT2D eigenvalue weighted by Gasteiger charge is -2.60. The number of pyridine rings is 1. The minimum atomic E-state index is 0.0883. The highest BCUT2D eigenvalue weighted by atomic mass is 16.2. The molecule has 1 aliphatic heterocycles. The molecule has 0 spiro atoms. The molecule has 3 fully saturated rings. The van der Waals surface area contributed by atoms with Crippen LogP contribution in [0.5, 0.6) is 0 Å². The molecule has 2 heterocycles. The zero-order valence-corrected chi connectivity index (χ0v) is 19.7. The summed E-state index contributed by atoms with van der Waals surface area (Å²) in [5.41, 5.74) is 1.25. The van der Waals surface area contributed by atoms with Crippen LogP contribution in [-0.2, 0) is 16.1 Å². The van der Waals surface area contributed by atoms with Gasteiger partial charge in [0.15, 0.2) is 0 Å². The van der Waals surface area contributed by atoms with Crippen molar-refractivity contribution in [3.05, 3.63) is 42.2 Å². The van der Waals surface area contributed by atoms with Gasteiger partial charge in [0, 0.05) is 31.1 Å². The first-order valence-electron chi connectivity index (χ1n) is 12.5. The quantitative estimate of drug-likeness (QED) is 0.765. The predicted octanol–water partition coefficient (Wildman–Crippen LogP) is 4.34. The Kier molecular flexibility index (Phi) is 5.42. The van der Waals surface area contributed by atoms with E-state index in [-0.39, 0.29) is 22.6 Å².